The van der Waals surface area contributed by atoms with Gasteiger partial charge < -0.3 is 26.2 Å². The molecule has 240 valence electrons. The third kappa shape index (κ3) is 25.2. The number of rotatable bonds is 30. The lowest BCUT2D eigenvalue weighted by Gasteiger charge is -2.25. The number of amides is 1. The highest BCUT2D eigenvalue weighted by Crippen LogP contribution is 2.43. The molecule has 0 saturated heterocycles. The van der Waals surface area contributed by atoms with Gasteiger partial charge in [0.05, 0.1) is 37.9 Å². The molecule has 0 spiro atoms. The molecule has 0 aromatic heterocycles. The molecule has 0 aliphatic rings. The number of hydrogen-bond acceptors (Lipinski definition) is 7. The first-order valence-electron chi connectivity index (χ1n) is 16.2. The van der Waals surface area contributed by atoms with E-state index in [1.54, 1.807) is 0 Å². The summed E-state index contributed by atoms with van der Waals surface area (Å²) in [5.41, 5.74) is 5.31. The molecule has 0 aromatic carbocycles. The topological polar surface area (TPSA) is 151 Å². The van der Waals surface area contributed by atoms with Gasteiger partial charge in [0, 0.05) is 6.54 Å². The zero-order valence-corrected chi connectivity index (χ0v) is 26.6. The molecule has 40 heavy (non-hydrogen) atoms. The fourth-order valence-electron chi connectivity index (χ4n) is 4.77. The van der Waals surface area contributed by atoms with E-state index in [0.717, 1.165) is 44.9 Å². The Kier molecular flexibility index (Phi) is 26.9. The zero-order chi connectivity index (χ0) is 29.9. The first-order chi connectivity index (χ1) is 19.3. The van der Waals surface area contributed by atoms with Crippen LogP contribution in [0.1, 0.15) is 149 Å². The Labute approximate surface area is 245 Å². The predicted octanol–water partition coefficient (Wildman–Crippen LogP) is 6.52. The van der Waals surface area contributed by atoms with E-state index in [-0.39, 0.29) is 26.2 Å². The van der Waals surface area contributed by atoms with Gasteiger partial charge in [0.1, 0.15) is 0 Å². The van der Waals surface area contributed by atoms with Crippen molar-refractivity contribution in [3.63, 3.8) is 0 Å². The molecule has 0 aliphatic carbocycles. The van der Waals surface area contributed by atoms with Crippen molar-refractivity contribution in [2.24, 2.45) is 5.73 Å². The van der Waals surface area contributed by atoms with Crippen LogP contribution >= 0.6 is 7.82 Å². The minimum absolute atomic E-state index is 0.0615. The summed E-state index contributed by atoms with van der Waals surface area (Å²) in [6, 6.07) is -0.885. The van der Waals surface area contributed by atoms with Gasteiger partial charge >= 0.3 is 7.82 Å². The standard InChI is InChI=1S/C30H63N2O7P/c1-3-5-7-9-11-12-13-14-16-17-19-21-27(33)25-30(35)32-28(26-39-40(36,37)38-24-23-31)29(34)22-20-18-15-10-8-6-4-2/h27-29,33-34H,3-26,31H2,1-2H3,(H,32,35)(H,36,37). The number of aliphatic hydroxyl groups is 2. The van der Waals surface area contributed by atoms with Crippen LogP contribution in [0.25, 0.3) is 0 Å². The third-order valence-electron chi connectivity index (χ3n) is 7.27. The van der Waals surface area contributed by atoms with Gasteiger partial charge in [-0.15, -0.1) is 0 Å². The quantitative estimate of drug-likeness (QED) is 0.0466. The van der Waals surface area contributed by atoms with Crippen LogP contribution in [0.4, 0.5) is 0 Å². The van der Waals surface area contributed by atoms with Crippen LogP contribution in [0.15, 0.2) is 0 Å². The van der Waals surface area contributed by atoms with Gasteiger partial charge in [-0.25, -0.2) is 4.57 Å². The van der Waals surface area contributed by atoms with Crippen molar-refractivity contribution in [2.45, 2.75) is 167 Å². The van der Waals surface area contributed by atoms with Crippen molar-refractivity contribution in [2.75, 3.05) is 19.8 Å². The summed E-state index contributed by atoms with van der Waals surface area (Å²) < 4.78 is 21.8. The second-order valence-electron chi connectivity index (χ2n) is 11.2. The van der Waals surface area contributed by atoms with Crippen molar-refractivity contribution >= 4 is 13.7 Å². The largest absolute Gasteiger partial charge is 0.472 e. The summed E-state index contributed by atoms with van der Waals surface area (Å²) in [7, 11) is -4.35. The Morgan fingerprint density at radius 2 is 1.20 bits per heavy atom. The van der Waals surface area contributed by atoms with Gasteiger partial charge in [0.25, 0.3) is 0 Å². The number of aliphatic hydroxyl groups excluding tert-OH is 2. The van der Waals surface area contributed by atoms with E-state index in [4.69, 9.17) is 14.8 Å². The SMILES string of the molecule is CCCCCCCCCCCCCC(O)CC(=O)NC(COP(=O)(O)OCCN)C(O)CCCCCCCCC. The Balaban J connectivity index is 4.41. The smallest absolute Gasteiger partial charge is 0.393 e. The number of phosphoric ester groups is 1. The van der Waals surface area contributed by atoms with Crippen LogP contribution < -0.4 is 11.1 Å². The van der Waals surface area contributed by atoms with Gasteiger partial charge in [-0.1, -0.05) is 129 Å². The average molecular weight is 595 g/mol. The minimum Gasteiger partial charge on any atom is -0.393 e. The monoisotopic (exact) mass is 594 g/mol. The summed E-state index contributed by atoms with van der Waals surface area (Å²) in [6.07, 6.45) is 20.3. The van der Waals surface area contributed by atoms with E-state index >= 15 is 0 Å². The molecule has 0 heterocycles. The van der Waals surface area contributed by atoms with Gasteiger partial charge in [-0.05, 0) is 12.8 Å². The van der Waals surface area contributed by atoms with Gasteiger partial charge in [0.15, 0.2) is 0 Å². The van der Waals surface area contributed by atoms with E-state index in [2.05, 4.69) is 19.2 Å². The second kappa shape index (κ2) is 27.3. The third-order valence-corrected chi connectivity index (χ3v) is 8.25. The number of phosphoric acid groups is 1. The molecule has 0 fully saturated rings. The van der Waals surface area contributed by atoms with E-state index in [1.807, 2.05) is 0 Å². The van der Waals surface area contributed by atoms with Gasteiger partial charge in [-0.3, -0.25) is 13.8 Å². The van der Waals surface area contributed by atoms with Crippen LogP contribution in [0, 0.1) is 0 Å². The predicted molar refractivity (Wildman–Crippen MR) is 163 cm³/mol. The first kappa shape index (κ1) is 39.5. The summed E-state index contributed by atoms with van der Waals surface area (Å²) in [5, 5.41) is 23.8. The molecular weight excluding hydrogens is 531 g/mol. The highest BCUT2D eigenvalue weighted by atomic mass is 31.2. The minimum atomic E-state index is -4.35. The van der Waals surface area contributed by atoms with Crippen LogP contribution in [-0.2, 0) is 18.4 Å². The fraction of sp³-hybridized carbons (Fsp3) is 0.967. The maximum absolute atomic E-state index is 12.6. The Bertz CT molecular complexity index is 627. The molecule has 9 nitrogen and oxygen atoms in total. The molecule has 0 rings (SSSR count). The Morgan fingerprint density at radius 1 is 0.750 bits per heavy atom. The molecule has 0 bridgehead atoms. The molecule has 4 atom stereocenters. The van der Waals surface area contributed by atoms with Crippen molar-refractivity contribution in [1.82, 2.24) is 5.32 Å². The highest BCUT2D eigenvalue weighted by molar-refractivity contribution is 7.47. The molecule has 6 N–H and O–H groups in total. The van der Waals surface area contributed by atoms with Crippen LogP contribution in [-0.4, -0.2) is 59.0 Å². The van der Waals surface area contributed by atoms with E-state index in [1.165, 1.54) is 70.6 Å². The lowest BCUT2D eigenvalue weighted by atomic mass is 10.0. The molecular formula is C30H63N2O7P. The Morgan fingerprint density at radius 3 is 1.68 bits per heavy atom. The van der Waals surface area contributed by atoms with E-state index in [0.29, 0.717) is 12.8 Å². The molecule has 0 aromatic rings. The fourth-order valence-corrected chi connectivity index (χ4v) is 5.53. The van der Waals surface area contributed by atoms with Crippen molar-refractivity contribution < 1.29 is 33.5 Å². The van der Waals surface area contributed by atoms with Crippen LogP contribution in [0.2, 0.25) is 0 Å². The van der Waals surface area contributed by atoms with Crippen LogP contribution in [0.5, 0.6) is 0 Å². The van der Waals surface area contributed by atoms with Gasteiger partial charge in [-0.2, -0.15) is 0 Å². The molecule has 0 saturated carbocycles. The number of nitrogens with two attached hydrogens (primary N) is 1. The summed E-state index contributed by atoms with van der Waals surface area (Å²) >= 11 is 0. The number of carbonyl (C=O) groups is 1. The number of hydrogen-bond donors (Lipinski definition) is 5. The number of unbranched alkanes of at least 4 members (excludes halogenated alkanes) is 16. The number of carbonyl (C=O) groups excluding carboxylic acids is 1. The normalized spacial score (nSPS) is 15.4. The molecule has 0 radical (unpaired) electrons. The highest BCUT2D eigenvalue weighted by Gasteiger charge is 2.28. The van der Waals surface area contributed by atoms with Gasteiger partial charge in [0.2, 0.25) is 5.91 Å². The zero-order valence-electron chi connectivity index (χ0n) is 25.7. The Hall–Kier alpha value is -0.540. The second-order valence-corrected chi connectivity index (χ2v) is 12.7. The molecule has 0 aliphatic heterocycles. The van der Waals surface area contributed by atoms with Crippen LogP contribution in [0.3, 0.4) is 0 Å². The lowest BCUT2D eigenvalue weighted by molar-refractivity contribution is -0.125. The maximum atomic E-state index is 12.6. The van der Waals surface area contributed by atoms with Crippen molar-refractivity contribution in [1.29, 1.82) is 0 Å². The molecule has 1 amide bonds. The molecule has 10 heteroatoms. The lowest BCUT2D eigenvalue weighted by Crippen LogP contribution is -2.47. The summed E-state index contributed by atoms with van der Waals surface area (Å²) in [5.74, 6) is -0.418. The van der Waals surface area contributed by atoms with E-state index < -0.39 is 32.0 Å². The molecule has 4 unspecified atom stereocenters. The first-order valence-corrected chi connectivity index (χ1v) is 17.7. The summed E-state index contributed by atoms with van der Waals surface area (Å²) in [4.78, 5) is 22.5. The summed E-state index contributed by atoms with van der Waals surface area (Å²) in [6.45, 7) is 3.95. The van der Waals surface area contributed by atoms with Crippen molar-refractivity contribution in [3.8, 4) is 0 Å². The average Bonchev–Trinajstić information content (AvgIpc) is 2.92. The van der Waals surface area contributed by atoms with Crippen molar-refractivity contribution in [3.05, 3.63) is 0 Å². The van der Waals surface area contributed by atoms with E-state index in [9.17, 15) is 24.5 Å². The number of nitrogens with one attached hydrogen (secondary N) is 1. The maximum Gasteiger partial charge on any atom is 0.472 e.